The van der Waals surface area contributed by atoms with Gasteiger partial charge in [-0.25, -0.2) is 9.59 Å². The van der Waals surface area contributed by atoms with Gasteiger partial charge in [-0.1, -0.05) is 62.4 Å². The first-order chi connectivity index (χ1) is 15.4. The Hall–Kier alpha value is -3.00. The van der Waals surface area contributed by atoms with Gasteiger partial charge in [0.05, 0.1) is 5.37 Å². The lowest BCUT2D eigenvalue weighted by Gasteiger charge is -2.29. The van der Waals surface area contributed by atoms with Crippen LogP contribution in [0.2, 0.25) is 0 Å². The zero-order valence-corrected chi connectivity index (χ0v) is 18.8. The van der Waals surface area contributed by atoms with Crippen LogP contribution in [0, 0.1) is 5.92 Å². The largest absolute Gasteiger partial charge is 0.480 e. The van der Waals surface area contributed by atoms with E-state index in [4.69, 9.17) is 4.74 Å². The molecule has 0 radical (unpaired) electrons. The van der Waals surface area contributed by atoms with E-state index in [-0.39, 0.29) is 30.4 Å². The van der Waals surface area contributed by atoms with Crippen molar-refractivity contribution in [2.45, 2.75) is 31.2 Å². The van der Waals surface area contributed by atoms with Crippen molar-refractivity contribution in [2.24, 2.45) is 5.92 Å². The SMILES string of the molecule is CC(C)C1SCC(C(=O)O)N1C(=O)CNC(=O)OCC1c2ccccc2-c2ccccc21. The maximum atomic E-state index is 12.7. The highest BCUT2D eigenvalue weighted by Crippen LogP contribution is 2.44. The van der Waals surface area contributed by atoms with Crippen LogP contribution >= 0.6 is 11.8 Å². The molecule has 2 aromatic rings. The maximum Gasteiger partial charge on any atom is 0.407 e. The van der Waals surface area contributed by atoms with E-state index in [0.717, 1.165) is 22.3 Å². The molecule has 1 fully saturated rings. The smallest absolute Gasteiger partial charge is 0.407 e. The molecule has 0 spiro atoms. The van der Waals surface area contributed by atoms with Crippen LogP contribution in [0.15, 0.2) is 48.5 Å². The normalized spacial score (nSPS) is 19.5. The Morgan fingerprint density at radius 3 is 2.25 bits per heavy atom. The summed E-state index contributed by atoms with van der Waals surface area (Å²) in [5, 5.41) is 11.7. The summed E-state index contributed by atoms with van der Waals surface area (Å²) in [5.41, 5.74) is 4.49. The summed E-state index contributed by atoms with van der Waals surface area (Å²) in [6.07, 6.45) is -0.694. The number of thioether (sulfide) groups is 1. The lowest BCUT2D eigenvalue weighted by atomic mass is 9.98. The number of hydrogen-bond donors (Lipinski definition) is 2. The molecule has 4 rings (SSSR count). The van der Waals surface area contributed by atoms with Crippen LogP contribution in [-0.4, -0.2) is 58.3 Å². The third-order valence-electron chi connectivity index (χ3n) is 5.91. The number of carbonyl (C=O) groups excluding carboxylic acids is 2. The molecular weight excluding hydrogens is 428 g/mol. The fourth-order valence-electron chi connectivity index (χ4n) is 4.44. The number of ether oxygens (including phenoxy) is 1. The summed E-state index contributed by atoms with van der Waals surface area (Å²) in [6, 6.07) is 15.2. The second-order valence-corrected chi connectivity index (χ2v) is 9.45. The number of nitrogens with zero attached hydrogens (tertiary/aromatic N) is 1. The van der Waals surface area contributed by atoms with Crippen molar-refractivity contribution >= 4 is 29.7 Å². The van der Waals surface area contributed by atoms with Gasteiger partial charge in [-0.2, -0.15) is 0 Å². The predicted molar refractivity (Wildman–Crippen MR) is 122 cm³/mol. The fourth-order valence-corrected chi connectivity index (χ4v) is 5.93. The van der Waals surface area contributed by atoms with Crippen LogP contribution in [0.3, 0.4) is 0 Å². The number of nitrogens with one attached hydrogen (secondary N) is 1. The first kappa shape index (κ1) is 22.2. The van der Waals surface area contributed by atoms with E-state index in [1.165, 1.54) is 16.7 Å². The van der Waals surface area contributed by atoms with Crippen molar-refractivity contribution in [3.8, 4) is 11.1 Å². The van der Waals surface area contributed by atoms with E-state index >= 15 is 0 Å². The van der Waals surface area contributed by atoms with E-state index in [9.17, 15) is 19.5 Å². The Kier molecular flexibility index (Phi) is 6.41. The minimum absolute atomic E-state index is 0.0689. The third-order valence-corrected chi connectivity index (χ3v) is 7.53. The molecule has 1 heterocycles. The molecule has 8 heteroatoms. The van der Waals surface area contributed by atoms with Gasteiger partial charge in [0.1, 0.15) is 19.2 Å². The molecule has 2 N–H and O–H groups in total. The molecule has 32 heavy (non-hydrogen) atoms. The summed E-state index contributed by atoms with van der Waals surface area (Å²) in [4.78, 5) is 38.0. The molecule has 0 aromatic heterocycles. The van der Waals surface area contributed by atoms with Gasteiger partial charge >= 0.3 is 12.1 Å². The van der Waals surface area contributed by atoms with Crippen molar-refractivity contribution in [2.75, 3.05) is 18.9 Å². The summed E-state index contributed by atoms with van der Waals surface area (Å²) < 4.78 is 5.46. The minimum atomic E-state index is -1.03. The fraction of sp³-hybridized carbons (Fsp3) is 0.375. The second kappa shape index (κ2) is 9.24. The number of alkyl carbamates (subject to hydrolysis) is 1. The Morgan fingerprint density at radius 1 is 1.09 bits per heavy atom. The monoisotopic (exact) mass is 454 g/mol. The molecule has 2 aliphatic rings. The first-order valence-corrected chi connectivity index (χ1v) is 11.7. The number of benzene rings is 2. The number of carboxylic acids is 1. The number of amides is 2. The average Bonchev–Trinajstić information content (AvgIpc) is 3.36. The van der Waals surface area contributed by atoms with E-state index in [1.54, 1.807) is 0 Å². The van der Waals surface area contributed by atoms with Gasteiger partial charge in [-0.15, -0.1) is 11.8 Å². The van der Waals surface area contributed by atoms with Crippen molar-refractivity contribution in [3.63, 3.8) is 0 Å². The lowest BCUT2D eigenvalue weighted by molar-refractivity contribution is -0.149. The van der Waals surface area contributed by atoms with Crippen molar-refractivity contribution < 1.29 is 24.2 Å². The molecule has 168 valence electrons. The highest BCUT2D eigenvalue weighted by molar-refractivity contribution is 8.00. The third kappa shape index (κ3) is 4.19. The molecule has 0 bridgehead atoms. The Balaban J connectivity index is 1.37. The van der Waals surface area contributed by atoms with Crippen molar-refractivity contribution in [1.29, 1.82) is 0 Å². The van der Waals surface area contributed by atoms with E-state index in [0.29, 0.717) is 5.75 Å². The molecule has 2 amide bonds. The quantitative estimate of drug-likeness (QED) is 0.693. The van der Waals surface area contributed by atoms with Crippen LogP contribution in [-0.2, 0) is 14.3 Å². The molecule has 1 saturated heterocycles. The summed E-state index contributed by atoms with van der Waals surface area (Å²) in [6.45, 7) is 3.74. The van der Waals surface area contributed by atoms with E-state index in [1.807, 2.05) is 50.2 Å². The van der Waals surface area contributed by atoms with Crippen molar-refractivity contribution in [1.82, 2.24) is 10.2 Å². The van der Waals surface area contributed by atoms with Crippen LogP contribution < -0.4 is 5.32 Å². The number of rotatable bonds is 6. The Morgan fingerprint density at radius 2 is 1.69 bits per heavy atom. The zero-order chi connectivity index (χ0) is 22.8. The Bertz CT molecular complexity index is 995. The number of aliphatic carboxylic acids is 1. The van der Waals surface area contributed by atoms with Gasteiger partial charge in [-0.3, -0.25) is 4.79 Å². The summed E-state index contributed by atoms with van der Waals surface area (Å²) in [5.74, 6) is -1.08. The molecule has 2 aromatic carbocycles. The average molecular weight is 455 g/mol. The van der Waals surface area contributed by atoms with Crippen LogP contribution in [0.1, 0.15) is 30.9 Å². The molecule has 2 atom stereocenters. The number of carboxylic acid groups (broad SMARTS) is 1. The van der Waals surface area contributed by atoms with Crippen LogP contribution in [0.4, 0.5) is 4.79 Å². The molecule has 7 nitrogen and oxygen atoms in total. The standard InChI is InChI=1S/C24H26N2O5S/c1-14(2)22-26(20(13-32-22)23(28)29)21(27)11-25-24(30)31-12-19-17-9-5-3-7-15(17)16-8-4-6-10-18(16)19/h3-10,14,19-20,22H,11-13H2,1-2H3,(H,25,30)(H,28,29). The number of hydrogen-bond acceptors (Lipinski definition) is 5. The number of fused-ring (bicyclic) bond motifs is 3. The van der Waals surface area contributed by atoms with Gasteiger partial charge in [0, 0.05) is 11.7 Å². The maximum absolute atomic E-state index is 12.7. The topological polar surface area (TPSA) is 95.9 Å². The van der Waals surface area contributed by atoms with Gasteiger partial charge < -0.3 is 20.1 Å². The second-order valence-electron chi connectivity index (χ2n) is 8.30. The minimum Gasteiger partial charge on any atom is -0.480 e. The molecule has 0 saturated carbocycles. The summed E-state index contributed by atoms with van der Waals surface area (Å²) >= 11 is 1.45. The van der Waals surface area contributed by atoms with E-state index in [2.05, 4.69) is 17.4 Å². The predicted octanol–water partition coefficient (Wildman–Crippen LogP) is 3.54. The molecule has 2 unspecified atom stereocenters. The highest BCUT2D eigenvalue weighted by Gasteiger charge is 2.42. The molecular formula is C24H26N2O5S. The Labute approximate surface area is 191 Å². The zero-order valence-electron chi connectivity index (χ0n) is 18.0. The highest BCUT2D eigenvalue weighted by atomic mass is 32.2. The van der Waals surface area contributed by atoms with Gasteiger partial charge in [0.2, 0.25) is 5.91 Å². The van der Waals surface area contributed by atoms with Crippen molar-refractivity contribution in [3.05, 3.63) is 59.7 Å². The van der Waals surface area contributed by atoms with Crippen LogP contribution in [0.25, 0.3) is 11.1 Å². The van der Waals surface area contributed by atoms with Gasteiger partial charge in [0.15, 0.2) is 0 Å². The molecule has 1 aliphatic carbocycles. The van der Waals surface area contributed by atoms with Crippen LogP contribution in [0.5, 0.6) is 0 Å². The number of carbonyl (C=O) groups is 3. The van der Waals surface area contributed by atoms with Gasteiger partial charge in [0.25, 0.3) is 0 Å². The van der Waals surface area contributed by atoms with E-state index < -0.39 is 24.0 Å². The summed E-state index contributed by atoms with van der Waals surface area (Å²) in [7, 11) is 0. The molecule has 1 aliphatic heterocycles. The lowest BCUT2D eigenvalue weighted by Crippen LogP contribution is -2.50. The van der Waals surface area contributed by atoms with Gasteiger partial charge in [-0.05, 0) is 28.2 Å². The first-order valence-electron chi connectivity index (χ1n) is 10.6.